The van der Waals surface area contributed by atoms with E-state index in [0.717, 1.165) is 5.56 Å². The Morgan fingerprint density at radius 2 is 1.84 bits per heavy atom. The van der Waals surface area contributed by atoms with Crippen LogP contribution in [0.2, 0.25) is 0 Å². The summed E-state index contributed by atoms with van der Waals surface area (Å²) in [6.07, 6.45) is 0. The summed E-state index contributed by atoms with van der Waals surface area (Å²) < 4.78 is 0. The van der Waals surface area contributed by atoms with E-state index in [1.165, 1.54) is 0 Å². The Morgan fingerprint density at radius 3 is 2.42 bits per heavy atom. The van der Waals surface area contributed by atoms with Gasteiger partial charge in [0.1, 0.15) is 0 Å². The van der Waals surface area contributed by atoms with E-state index in [0.29, 0.717) is 6.54 Å². The number of urea groups is 1. The number of amides is 3. The van der Waals surface area contributed by atoms with E-state index in [4.69, 9.17) is 0 Å². The molecule has 0 saturated carbocycles. The monoisotopic (exact) mass is 263 g/mol. The topological polar surface area (TPSA) is 61.4 Å². The molecule has 0 heterocycles. The van der Waals surface area contributed by atoms with Gasteiger partial charge in [-0.3, -0.25) is 4.79 Å². The minimum absolute atomic E-state index is 0.00187. The van der Waals surface area contributed by atoms with Gasteiger partial charge in [-0.05, 0) is 19.4 Å². The van der Waals surface area contributed by atoms with Crippen LogP contribution in [0.1, 0.15) is 19.4 Å². The second-order valence-corrected chi connectivity index (χ2v) is 4.72. The molecule has 1 aromatic carbocycles. The number of benzene rings is 1. The van der Waals surface area contributed by atoms with Crippen LogP contribution in [0.25, 0.3) is 0 Å². The molecular weight excluding hydrogens is 242 g/mol. The van der Waals surface area contributed by atoms with Crippen molar-refractivity contribution in [3.8, 4) is 0 Å². The Kier molecular flexibility index (Phi) is 5.85. The lowest BCUT2D eigenvalue weighted by molar-refractivity contribution is -0.129. The highest BCUT2D eigenvalue weighted by Crippen LogP contribution is 2.02. The maximum atomic E-state index is 11.8. The Hall–Kier alpha value is -2.04. The van der Waals surface area contributed by atoms with Gasteiger partial charge >= 0.3 is 6.03 Å². The van der Waals surface area contributed by atoms with Crippen molar-refractivity contribution in [3.63, 3.8) is 0 Å². The van der Waals surface area contributed by atoms with Gasteiger partial charge < -0.3 is 15.5 Å². The molecule has 0 aliphatic rings. The first-order valence-corrected chi connectivity index (χ1v) is 6.31. The summed E-state index contributed by atoms with van der Waals surface area (Å²) in [5, 5.41) is 5.21. The summed E-state index contributed by atoms with van der Waals surface area (Å²) in [5.74, 6) is -0.122. The SMILES string of the molecule is CC(C)NC(=O)NCC(=O)N(C)Cc1ccccc1. The summed E-state index contributed by atoms with van der Waals surface area (Å²) in [4.78, 5) is 24.8. The number of hydrogen-bond acceptors (Lipinski definition) is 2. The minimum atomic E-state index is -0.323. The maximum absolute atomic E-state index is 11.8. The van der Waals surface area contributed by atoms with Crippen LogP contribution in [0.5, 0.6) is 0 Å². The summed E-state index contributed by atoms with van der Waals surface area (Å²) in [6.45, 7) is 4.26. The van der Waals surface area contributed by atoms with Gasteiger partial charge in [0.05, 0.1) is 6.54 Å². The third-order valence-electron chi connectivity index (χ3n) is 2.51. The van der Waals surface area contributed by atoms with Crippen LogP contribution in [0.15, 0.2) is 30.3 Å². The number of hydrogen-bond donors (Lipinski definition) is 2. The highest BCUT2D eigenvalue weighted by Gasteiger charge is 2.10. The highest BCUT2D eigenvalue weighted by molar-refractivity contribution is 5.83. The molecule has 0 fully saturated rings. The average Bonchev–Trinajstić information content (AvgIpc) is 2.36. The molecule has 104 valence electrons. The molecule has 19 heavy (non-hydrogen) atoms. The second kappa shape index (κ2) is 7.41. The predicted octanol–water partition coefficient (Wildman–Crippen LogP) is 1.35. The number of carbonyl (C=O) groups excluding carboxylic acids is 2. The van der Waals surface area contributed by atoms with E-state index in [1.54, 1.807) is 11.9 Å². The fraction of sp³-hybridized carbons (Fsp3) is 0.429. The Bertz CT molecular complexity index is 418. The minimum Gasteiger partial charge on any atom is -0.340 e. The van der Waals surface area contributed by atoms with Gasteiger partial charge in [0.25, 0.3) is 0 Å². The van der Waals surface area contributed by atoms with Gasteiger partial charge in [0.2, 0.25) is 5.91 Å². The number of nitrogens with zero attached hydrogens (tertiary/aromatic N) is 1. The molecule has 0 saturated heterocycles. The molecule has 0 aliphatic carbocycles. The van der Waals surface area contributed by atoms with Crippen molar-refractivity contribution in [2.45, 2.75) is 26.4 Å². The zero-order valence-electron chi connectivity index (χ0n) is 11.6. The van der Waals surface area contributed by atoms with Gasteiger partial charge in [-0.2, -0.15) is 0 Å². The third-order valence-corrected chi connectivity index (χ3v) is 2.51. The fourth-order valence-corrected chi connectivity index (χ4v) is 1.55. The highest BCUT2D eigenvalue weighted by atomic mass is 16.2. The molecule has 0 atom stereocenters. The van der Waals surface area contributed by atoms with Crippen molar-refractivity contribution < 1.29 is 9.59 Å². The van der Waals surface area contributed by atoms with Gasteiger partial charge in [0, 0.05) is 19.6 Å². The molecule has 2 N–H and O–H groups in total. The van der Waals surface area contributed by atoms with Crippen LogP contribution in [0.3, 0.4) is 0 Å². The van der Waals surface area contributed by atoms with Crippen LogP contribution in [-0.2, 0) is 11.3 Å². The van der Waals surface area contributed by atoms with Crippen LogP contribution < -0.4 is 10.6 Å². The van der Waals surface area contributed by atoms with E-state index < -0.39 is 0 Å². The van der Waals surface area contributed by atoms with Crippen LogP contribution in [0, 0.1) is 0 Å². The smallest absolute Gasteiger partial charge is 0.315 e. The predicted molar refractivity (Wildman–Crippen MR) is 74.6 cm³/mol. The van der Waals surface area contributed by atoms with Gasteiger partial charge in [-0.1, -0.05) is 30.3 Å². The van der Waals surface area contributed by atoms with Crippen molar-refractivity contribution in [2.75, 3.05) is 13.6 Å². The summed E-state index contributed by atoms with van der Waals surface area (Å²) in [7, 11) is 1.72. The van der Waals surface area contributed by atoms with Crippen LogP contribution in [-0.4, -0.2) is 36.5 Å². The Morgan fingerprint density at radius 1 is 1.21 bits per heavy atom. The van der Waals surface area contributed by atoms with Crippen molar-refractivity contribution in [1.82, 2.24) is 15.5 Å². The number of nitrogens with one attached hydrogen (secondary N) is 2. The molecule has 0 radical (unpaired) electrons. The largest absolute Gasteiger partial charge is 0.340 e. The van der Waals surface area contributed by atoms with E-state index >= 15 is 0 Å². The van der Waals surface area contributed by atoms with Gasteiger partial charge in [-0.25, -0.2) is 4.79 Å². The number of carbonyl (C=O) groups is 2. The summed E-state index contributed by atoms with van der Waals surface area (Å²) in [6, 6.07) is 9.45. The second-order valence-electron chi connectivity index (χ2n) is 4.72. The van der Waals surface area contributed by atoms with Crippen molar-refractivity contribution in [2.24, 2.45) is 0 Å². The van der Waals surface area contributed by atoms with Crippen molar-refractivity contribution in [3.05, 3.63) is 35.9 Å². The quantitative estimate of drug-likeness (QED) is 0.842. The van der Waals surface area contributed by atoms with Crippen molar-refractivity contribution >= 4 is 11.9 Å². The normalized spacial score (nSPS) is 10.1. The molecule has 3 amide bonds. The molecule has 5 heteroatoms. The van der Waals surface area contributed by atoms with Gasteiger partial charge in [0.15, 0.2) is 0 Å². The summed E-state index contributed by atoms with van der Waals surface area (Å²) >= 11 is 0. The molecule has 0 aromatic heterocycles. The molecule has 0 bridgehead atoms. The number of likely N-dealkylation sites (N-methyl/N-ethyl adjacent to an activating group) is 1. The maximum Gasteiger partial charge on any atom is 0.315 e. The van der Waals surface area contributed by atoms with Gasteiger partial charge in [-0.15, -0.1) is 0 Å². The zero-order chi connectivity index (χ0) is 14.3. The molecule has 5 nitrogen and oxygen atoms in total. The molecule has 0 spiro atoms. The van der Waals surface area contributed by atoms with E-state index in [-0.39, 0.29) is 24.5 Å². The average molecular weight is 263 g/mol. The molecule has 0 unspecified atom stereocenters. The molecule has 1 rings (SSSR count). The lowest BCUT2D eigenvalue weighted by Crippen LogP contribution is -2.44. The van der Waals surface area contributed by atoms with Crippen LogP contribution >= 0.6 is 0 Å². The number of rotatable bonds is 5. The fourth-order valence-electron chi connectivity index (χ4n) is 1.55. The van der Waals surface area contributed by atoms with E-state index in [2.05, 4.69) is 10.6 Å². The standard InChI is InChI=1S/C14H21N3O2/c1-11(2)16-14(19)15-9-13(18)17(3)10-12-7-5-4-6-8-12/h4-8,11H,9-10H2,1-3H3,(H2,15,16,19). The van der Waals surface area contributed by atoms with E-state index in [9.17, 15) is 9.59 Å². The van der Waals surface area contributed by atoms with Crippen LogP contribution in [0.4, 0.5) is 4.79 Å². The third kappa shape index (κ3) is 5.90. The lowest BCUT2D eigenvalue weighted by Gasteiger charge is -2.18. The molecule has 1 aromatic rings. The molecule has 0 aliphatic heterocycles. The zero-order valence-corrected chi connectivity index (χ0v) is 11.6. The Labute approximate surface area is 114 Å². The first-order chi connectivity index (χ1) is 8.99. The van der Waals surface area contributed by atoms with Crippen molar-refractivity contribution in [1.29, 1.82) is 0 Å². The first kappa shape index (κ1) is 15.0. The molecular formula is C14H21N3O2. The summed E-state index contributed by atoms with van der Waals surface area (Å²) in [5.41, 5.74) is 1.06. The Balaban J connectivity index is 2.35. The van der Waals surface area contributed by atoms with E-state index in [1.807, 2.05) is 44.2 Å². The first-order valence-electron chi connectivity index (χ1n) is 6.31. The lowest BCUT2D eigenvalue weighted by atomic mass is 10.2.